The number of anilines is 1. The Balaban J connectivity index is 2.34. The van der Waals surface area contributed by atoms with Crippen LogP contribution >= 0.6 is 0 Å². The molecule has 0 aliphatic carbocycles. The van der Waals surface area contributed by atoms with E-state index >= 15 is 0 Å². The van der Waals surface area contributed by atoms with Gasteiger partial charge in [-0.25, -0.2) is 0 Å². The summed E-state index contributed by atoms with van der Waals surface area (Å²) in [5.74, 6) is -0.981. The number of imide groups is 1. The summed E-state index contributed by atoms with van der Waals surface area (Å²) in [5, 5.41) is 2.12. The highest BCUT2D eigenvalue weighted by Crippen LogP contribution is 2.33. The highest BCUT2D eigenvalue weighted by atomic mass is 19.4. The molecule has 108 valence electrons. The van der Waals surface area contributed by atoms with E-state index in [9.17, 15) is 22.8 Å². The van der Waals surface area contributed by atoms with Crippen molar-refractivity contribution in [1.29, 1.82) is 0 Å². The number of nitrogens with one attached hydrogen (secondary N) is 1. The van der Waals surface area contributed by atoms with Crippen molar-refractivity contribution in [3.05, 3.63) is 29.3 Å². The Morgan fingerprint density at radius 3 is 2.30 bits per heavy atom. The van der Waals surface area contributed by atoms with E-state index in [2.05, 4.69) is 5.32 Å². The third-order valence-corrected chi connectivity index (χ3v) is 2.93. The zero-order valence-electron chi connectivity index (χ0n) is 10.3. The molecule has 3 N–H and O–H groups in total. The minimum Gasteiger partial charge on any atom is -0.353 e. The van der Waals surface area contributed by atoms with Crippen molar-refractivity contribution in [2.24, 2.45) is 5.73 Å². The first-order valence-corrected chi connectivity index (χ1v) is 5.79. The maximum Gasteiger partial charge on any atom is 0.416 e. The van der Waals surface area contributed by atoms with Crippen LogP contribution in [-0.4, -0.2) is 24.9 Å². The zero-order chi connectivity index (χ0) is 14.9. The standard InChI is InChI=1S/C12H12F3N3O2/c13-12(14,15)9-2-1-8(3-7(9)4-16)18-5-10(19)17-11(20)6-18/h1-3H,4-6,16H2,(H,17,19,20). The molecule has 1 aromatic carbocycles. The van der Waals surface area contributed by atoms with Crippen LogP contribution in [0.25, 0.3) is 0 Å². The Morgan fingerprint density at radius 2 is 1.80 bits per heavy atom. The van der Waals surface area contributed by atoms with Gasteiger partial charge in [-0.15, -0.1) is 0 Å². The van der Waals surface area contributed by atoms with Crippen LogP contribution in [0.4, 0.5) is 18.9 Å². The summed E-state index contributed by atoms with van der Waals surface area (Å²) in [4.78, 5) is 23.9. The van der Waals surface area contributed by atoms with E-state index < -0.39 is 23.6 Å². The van der Waals surface area contributed by atoms with Gasteiger partial charge in [0.15, 0.2) is 0 Å². The molecular formula is C12H12F3N3O2. The van der Waals surface area contributed by atoms with Gasteiger partial charge >= 0.3 is 6.18 Å². The first-order chi connectivity index (χ1) is 9.31. The molecule has 2 rings (SSSR count). The van der Waals surface area contributed by atoms with E-state index in [4.69, 9.17) is 5.73 Å². The van der Waals surface area contributed by atoms with Crippen LogP contribution in [0.5, 0.6) is 0 Å². The molecule has 20 heavy (non-hydrogen) atoms. The Bertz CT molecular complexity index is 541. The second-order valence-corrected chi connectivity index (χ2v) is 4.37. The van der Waals surface area contributed by atoms with E-state index in [1.54, 1.807) is 0 Å². The van der Waals surface area contributed by atoms with E-state index in [-0.39, 0.29) is 25.2 Å². The molecule has 2 amide bonds. The fraction of sp³-hybridized carbons (Fsp3) is 0.333. The minimum atomic E-state index is -4.48. The number of amides is 2. The number of piperazine rings is 1. The lowest BCUT2D eigenvalue weighted by molar-refractivity contribution is -0.138. The summed E-state index contributed by atoms with van der Waals surface area (Å²) in [6, 6.07) is 3.40. The summed E-state index contributed by atoms with van der Waals surface area (Å²) in [7, 11) is 0. The number of benzene rings is 1. The molecule has 8 heteroatoms. The predicted molar refractivity (Wildman–Crippen MR) is 64.7 cm³/mol. The molecule has 1 heterocycles. The fourth-order valence-electron chi connectivity index (χ4n) is 2.04. The van der Waals surface area contributed by atoms with Crippen molar-refractivity contribution >= 4 is 17.5 Å². The van der Waals surface area contributed by atoms with Gasteiger partial charge in [0.25, 0.3) is 0 Å². The molecular weight excluding hydrogens is 275 g/mol. The molecule has 0 spiro atoms. The van der Waals surface area contributed by atoms with Gasteiger partial charge in [0.2, 0.25) is 11.8 Å². The molecule has 1 fully saturated rings. The van der Waals surface area contributed by atoms with Crippen molar-refractivity contribution in [2.75, 3.05) is 18.0 Å². The highest BCUT2D eigenvalue weighted by Gasteiger charge is 2.33. The van der Waals surface area contributed by atoms with Crippen molar-refractivity contribution in [3.8, 4) is 0 Å². The number of nitrogens with two attached hydrogens (primary N) is 1. The summed E-state index contributed by atoms with van der Waals surface area (Å²) in [5.41, 5.74) is 4.81. The smallest absolute Gasteiger partial charge is 0.353 e. The molecule has 0 saturated carbocycles. The van der Waals surface area contributed by atoms with Crippen LogP contribution in [-0.2, 0) is 22.3 Å². The fourth-order valence-corrected chi connectivity index (χ4v) is 2.04. The van der Waals surface area contributed by atoms with Crippen molar-refractivity contribution in [2.45, 2.75) is 12.7 Å². The molecule has 1 aliphatic heterocycles. The van der Waals surface area contributed by atoms with Crippen LogP contribution < -0.4 is 16.0 Å². The number of hydrogen-bond donors (Lipinski definition) is 2. The monoisotopic (exact) mass is 287 g/mol. The quantitative estimate of drug-likeness (QED) is 0.782. The molecule has 0 bridgehead atoms. The second kappa shape index (κ2) is 5.12. The van der Waals surface area contributed by atoms with Crippen LogP contribution in [0.1, 0.15) is 11.1 Å². The van der Waals surface area contributed by atoms with Crippen LogP contribution in [0.3, 0.4) is 0 Å². The number of carbonyl (C=O) groups is 2. The second-order valence-electron chi connectivity index (χ2n) is 4.37. The number of rotatable bonds is 2. The third-order valence-electron chi connectivity index (χ3n) is 2.93. The average molecular weight is 287 g/mol. The summed E-state index contributed by atoms with van der Waals surface area (Å²) in [6.45, 7) is -0.446. The van der Waals surface area contributed by atoms with Gasteiger partial charge in [-0.2, -0.15) is 13.2 Å². The van der Waals surface area contributed by atoms with Gasteiger partial charge < -0.3 is 10.6 Å². The van der Waals surface area contributed by atoms with Gasteiger partial charge in [-0.1, -0.05) is 0 Å². The predicted octanol–water partition coefficient (Wildman–Crippen LogP) is 0.627. The van der Waals surface area contributed by atoms with Gasteiger partial charge in [-0.3, -0.25) is 14.9 Å². The molecule has 5 nitrogen and oxygen atoms in total. The number of carbonyl (C=O) groups excluding carboxylic acids is 2. The topological polar surface area (TPSA) is 75.4 Å². The minimum absolute atomic E-state index is 0.0755. The SMILES string of the molecule is NCc1cc(N2CC(=O)NC(=O)C2)ccc1C(F)(F)F. The molecule has 0 atom stereocenters. The third kappa shape index (κ3) is 2.90. The number of alkyl halides is 3. The lowest BCUT2D eigenvalue weighted by Crippen LogP contribution is -2.51. The molecule has 1 aliphatic rings. The summed E-state index contributed by atoms with van der Waals surface area (Å²) in [6.07, 6.45) is -4.48. The molecule has 0 radical (unpaired) electrons. The average Bonchev–Trinajstić information content (AvgIpc) is 2.35. The zero-order valence-corrected chi connectivity index (χ0v) is 10.3. The van der Waals surface area contributed by atoms with Crippen molar-refractivity contribution < 1.29 is 22.8 Å². The largest absolute Gasteiger partial charge is 0.416 e. The maximum atomic E-state index is 12.7. The van der Waals surface area contributed by atoms with Crippen LogP contribution in [0.2, 0.25) is 0 Å². The van der Waals surface area contributed by atoms with E-state index in [0.717, 1.165) is 6.07 Å². The number of halogens is 3. The van der Waals surface area contributed by atoms with Crippen molar-refractivity contribution in [1.82, 2.24) is 5.32 Å². The molecule has 0 aromatic heterocycles. The molecule has 0 unspecified atom stereocenters. The summed E-state index contributed by atoms with van der Waals surface area (Å²) >= 11 is 0. The first-order valence-electron chi connectivity index (χ1n) is 5.79. The number of hydrogen-bond acceptors (Lipinski definition) is 4. The molecule has 1 saturated heterocycles. The van der Waals surface area contributed by atoms with Crippen LogP contribution in [0.15, 0.2) is 18.2 Å². The Labute approximate surface area is 112 Å². The normalized spacial score (nSPS) is 16.3. The Kier molecular flexibility index (Phi) is 3.67. The lowest BCUT2D eigenvalue weighted by atomic mass is 10.1. The van der Waals surface area contributed by atoms with E-state index in [0.29, 0.717) is 5.69 Å². The number of nitrogens with zero attached hydrogens (tertiary/aromatic N) is 1. The van der Waals surface area contributed by atoms with Crippen molar-refractivity contribution in [3.63, 3.8) is 0 Å². The van der Waals surface area contributed by atoms with Gasteiger partial charge in [-0.05, 0) is 23.8 Å². The summed E-state index contributed by atoms with van der Waals surface area (Å²) < 4.78 is 38.2. The molecule has 1 aromatic rings. The van der Waals surface area contributed by atoms with Crippen LogP contribution in [0, 0.1) is 0 Å². The Morgan fingerprint density at radius 1 is 1.20 bits per heavy atom. The van der Waals surface area contributed by atoms with E-state index in [1.165, 1.54) is 17.0 Å². The van der Waals surface area contributed by atoms with E-state index in [1.807, 2.05) is 0 Å². The van der Waals surface area contributed by atoms with Gasteiger partial charge in [0.1, 0.15) is 0 Å². The maximum absolute atomic E-state index is 12.7. The highest BCUT2D eigenvalue weighted by molar-refractivity contribution is 6.02. The van der Waals surface area contributed by atoms with Gasteiger partial charge in [0.05, 0.1) is 18.7 Å². The lowest BCUT2D eigenvalue weighted by Gasteiger charge is -2.28. The van der Waals surface area contributed by atoms with Gasteiger partial charge in [0, 0.05) is 12.2 Å². The Hall–Kier alpha value is -2.09. The first kappa shape index (κ1) is 14.3.